The van der Waals surface area contributed by atoms with E-state index in [0.29, 0.717) is 5.82 Å². The molecule has 2 aromatic carbocycles. The summed E-state index contributed by atoms with van der Waals surface area (Å²) < 4.78 is 15.0. The molecule has 130 valence electrons. The molecule has 4 rings (SSSR count). The maximum absolute atomic E-state index is 13.4. The lowest BCUT2D eigenvalue weighted by atomic mass is 10.0. The number of hydrogen-bond donors (Lipinski definition) is 1. The lowest BCUT2D eigenvalue weighted by Crippen LogP contribution is -2.19. The smallest absolute Gasteiger partial charge is 0.247 e. The predicted octanol–water partition coefficient (Wildman–Crippen LogP) is 2.61. The van der Waals surface area contributed by atoms with Crippen molar-refractivity contribution in [3.8, 4) is 11.1 Å². The molecule has 0 saturated heterocycles. The molecule has 1 N–H and O–H groups in total. The number of amides is 1. The number of anilines is 1. The molecule has 8 heteroatoms. The number of nitrogens with zero attached hydrogens (tertiary/aromatic N) is 5. The molecular formula is C18H15FN6O. The number of fused-ring (bicyclic) bond motifs is 1. The largest absolute Gasteiger partial charge is 0.306 e. The van der Waals surface area contributed by atoms with E-state index < -0.39 is 0 Å². The van der Waals surface area contributed by atoms with Crippen molar-refractivity contribution >= 4 is 22.6 Å². The van der Waals surface area contributed by atoms with E-state index in [1.807, 2.05) is 24.3 Å². The highest BCUT2D eigenvalue weighted by Crippen LogP contribution is 2.25. The van der Waals surface area contributed by atoms with Gasteiger partial charge in [0.1, 0.15) is 12.4 Å². The van der Waals surface area contributed by atoms with E-state index in [1.54, 1.807) is 24.0 Å². The lowest BCUT2D eigenvalue weighted by molar-refractivity contribution is -0.116. The Morgan fingerprint density at radius 3 is 2.73 bits per heavy atom. The van der Waals surface area contributed by atoms with Crippen LogP contribution in [0, 0.1) is 5.82 Å². The molecule has 0 saturated carbocycles. The molecule has 0 aliphatic heterocycles. The molecule has 0 aliphatic rings. The summed E-state index contributed by atoms with van der Waals surface area (Å²) in [6, 6.07) is 12.1. The van der Waals surface area contributed by atoms with Crippen LogP contribution in [0.3, 0.4) is 0 Å². The molecule has 0 aliphatic carbocycles. The second kappa shape index (κ2) is 6.40. The number of aromatic nitrogens is 5. The zero-order valence-corrected chi connectivity index (χ0v) is 13.9. The van der Waals surface area contributed by atoms with Crippen LogP contribution < -0.4 is 5.32 Å². The van der Waals surface area contributed by atoms with Crippen LogP contribution in [0.5, 0.6) is 0 Å². The molecule has 2 heterocycles. The summed E-state index contributed by atoms with van der Waals surface area (Å²) in [7, 11) is 1.67. The molecular weight excluding hydrogens is 335 g/mol. The van der Waals surface area contributed by atoms with Gasteiger partial charge in [-0.1, -0.05) is 18.2 Å². The normalized spacial score (nSPS) is 11.0. The molecule has 4 aromatic rings. The molecule has 1 amide bonds. The Bertz CT molecular complexity index is 1100. The van der Waals surface area contributed by atoms with Crippen LogP contribution in [0.25, 0.3) is 22.0 Å². The predicted molar refractivity (Wildman–Crippen MR) is 94.8 cm³/mol. The third kappa shape index (κ3) is 3.16. The fraction of sp³-hybridized carbons (Fsp3) is 0.111. The van der Waals surface area contributed by atoms with E-state index in [2.05, 4.69) is 20.6 Å². The quantitative estimate of drug-likeness (QED) is 0.614. The highest BCUT2D eigenvalue weighted by molar-refractivity contribution is 5.91. The van der Waals surface area contributed by atoms with E-state index >= 15 is 0 Å². The van der Waals surface area contributed by atoms with Crippen LogP contribution in [0.15, 0.2) is 54.9 Å². The molecule has 2 aromatic heterocycles. The van der Waals surface area contributed by atoms with Gasteiger partial charge in [0.15, 0.2) is 5.82 Å². The Balaban J connectivity index is 1.56. The van der Waals surface area contributed by atoms with Gasteiger partial charge in [-0.25, -0.2) is 4.39 Å². The minimum absolute atomic E-state index is 0.0549. The number of nitrogens with one attached hydrogen (secondary N) is 1. The Morgan fingerprint density at radius 1 is 1.12 bits per heavy atom. The Morgan fingerprint density at radius 2 is 1.96 bits per heavy atom. The fourth-order valence-corrected chi connectivity index (χ4v) is 2.78. The highest BCUT2D eigenvalue weighted by Gasteiger charge is 2.10. The van der Waals surface area contributed by atoms with Gasteiger partial charge in [-0.05, 0) is 35.4 Å². The number of halogens is 1. The summed E-state index contributed by atoms with van der Waals surface area (Å²) in [6.07, 6.45) is 3.16. The van der Waals surface area contributed by atoms with Crippen LogP contribution in [0.1, 0.15) is 0 Å². The van der Waals surface area contributed by atoms with Gasteiger partial charge in [-0.15, -0.1) is 5.10 Å². The first kappa shape index (κ1) is 15.9. The second-order valence-electron chi connectivity index (χ2n) is 5.85. The maximum Gasteiger partial charge on any atom is 0.247 e. The fourth-order valence-electron chi connectivity index (χ4n) is 2.78. The van der Waals surface area contributed by atoms with E-state index in [9.17, 15) is 9.18 Å². The molecule has 0 spiro atoms. The summed E-state index contributed by atoms with van der Waals surface area (Å²) in [5, 5.41) is 15.7. The zero-order chi connectivity index (χ0) is 18.1. The van der Waals surface area contributed by atoms with Gasteiger partial charge in [0.05, 0.1) is 17.9 Å². The number of aryl methyl sites for hydroxylation is 1. The van der Waals surface area contributed by atoms with E-state index in [4.69, 9.17) is 0 Å². The van der Waals surface area contributed by atoms with Gasteiger partial charge in [0.2, 0.25) is 5.91 Å². The maximum atomic E-state index is 13.4. The molecule has 0 unspecified atom stereocenters. The van der Waals surface area contributed by atoms with Crippen LogP contribution in [0.4, 0.5) is 10.2 Å². The van der Waals surface area contributed by atoms with E-state index in [1.165, 1.54) is 23.1 Å². The molecule has 7 nitrogen and oxygen atoms in total. The van der Waals surface area contributed by atoms with Crippen molar-refractivity contribution in [1.82, 2.24) is 24.8 Å². The van der Waals surface area contributed by atoms with Crippen molar-refractivity contribution in [2.75, 3.05) is 5.32 Å². The van der Waals surface area contributed by atoms with Gasteiger partial charge in [-0.3, -0.25) is 9.48 Å². The van der Waals surface area contributed by atoms with Crippen LogP contribution >= 0.6 is 0 Å². The summed E-state index contributed by atoms with van der Waals surface area (Å²) >= 11 is 0. The average molecular weight is 350 g/mol. The molecule has 0 radical (unpaired) electrons. The number of rotatable bonds is 4. The number of hydrogen-bond acceptors (Lipinski definition) is 4. The summed E-state index contributed by atoms with van der Waals surface area (Å²) in [5.41, 5.74) is 2.50. The SMILES string of the molecule is Cn1ncc(NC(=O)Cn2ncc3cc(-c4cccc(F)c4)ccc32)n1. The van der Waals surface area contributed by atoms with Gasteiger partial charge in [-0.2, -0.15) is 15.0 Å². The number of carbonyl (C=O) groups is 1. The van der Waals surface area contributed by atoms with Gasteiger partial charge < -0.3 is 5.32 Å². The number of benzene rings is 2. The number of carbonyl (C=O) groups excluding carboxylic acids is 1. The summed E-state index contributed by atoms with van der Waals surface area (Å²) in [5.74, 6) is -0.133. The van der Waals surface area contributed by atoms with Crippen LogP contribution in [-0.4, -0.2) is 30.7 Å². The Hall–Kier alpha value is -3.55. The lowest BCUT2D eigenvalue weighted by Gasteiger charge is -2.05. The Kier molecular flexibility index (Phi) is 3.92. The molecule has 0 bridgehead atoms. The zero-order valence-electron chi connectivity index (χ0n) is 13.9. The first-order chi connectivity index (χ1) is 12.6. The Labute approximate surface area is 148 Å². The van der Waals surface area contributed by atoms with Crippen LogP contribution in [-0.2, 0) is 18.4 Å². The van der Waals surface area contributed by atoms with Crippen molar-refractivity contribution in [1.29, 1.82) is 0 Å². The molecule has 0 fully saturated rings. The van der Waals surface area contributed by atoms with Crippen molar-refractivity contribution in [3.63, 3.8) is 0 Å². The van der Waals surface area contributed by atoms with Crippen molar-refractivity contribution in [3.05, 3.63) is 60.7 Å². The van der Waals surface area contributed by atoms with Crippen molar-refractivity contribution < 1.29 is 9.18 Å². The molecule has 26 heavy (non-hydrogen) atoms. The highest BCUT2D eigenvalue weighted by atomic mass is 19.1. The third-order valence-corrected chi connectivity index (χ3v) is 3.96. The minimum atomic E-state index is -0.279. The van der Waals surface area contributed by atoms with Gasteiger partial charge >= 0.3 is 0 Å². The topological polar surface area (TPSA) is 77.6 Å². The minimum Gasteiger partial charge on any atom is -0.306 e. The first-order valence-electron chi connectivity index (χ1n) is 7.96. The van der Waals surface area contributed by atoms with E-state index in [-0.39, 0.29) is 18.3 Å². The van der Waals surface area contributed by atoms with Crippen molar-refractivity contribution in [2.24, 2.45) is 7.05 Å². The van der Waals surface area contributed by atoms with Gasteiger partial charge in [0.25, 0.3) is 0 Å². The molecule has 0 atom stereocenters. The van der Waals surface area contributed by atoms with Gasteiger partial charge in [0, 0.05) is 12.4 Å². The average Bonchev–Trinajstić information content (AvgIpc) is 3.21. The summed E-state index contributed by atoms with van der Waals surface area (Å²) in [4.78, 5) is 13.5. The standard InChI is InChI=1S/C18H15FN6O/c1-24-20-10-17(23-24)22-18(26)11-25-16-6-5-13(7-14(16)9-21-25)12-3-2-4-15(19)8-12/h2-10H,11H2,1H3,(H,22,23,26). The van der Waals surface area contributed by atoms with Crippen LogP contribution in [0.2, 0.25) is 0 Å². The second-order valence-corrected chi connectivity index (χ2v) is 5.85. The first-order valence-corrected chi connectivity index (χ1v) is 7.96. The summed E-state index contributed by atoms with van der Waals surface area (Å²) in [6.45, 7) is 0.0549. The van der Waals surface area contributed by atoms with E-state index in [0.717, 1.165) is 22.0 Å². The third-order valence-electron chi connectivity index (χ3n) is 3.96. The monoisotopic (exact) mass is 350 g/mol. The van der Waals surface area contributed by atoms with Crippen molar-refractivity contribution in [2.45, 2.75) is 6.54 Å².